The molecule has 1 unspecified atom stereocenters. The van der Waals surface area contributed by atoms with Crippen molar-refractivity contribution in [2.24, 2.45) is 0 Å². The molecular formula is C17H29N3. The highest BCUT2D eigenvalue weighted by Gasteiger charge is 2.19. The molecule has 2 rings (SSSR count). The topological polar surface area (TPSA) is 18.5 Å². The molecule has 1 aromatic rings. The van der Waals surface area contributed by atoms with E-state index in [1.54, 1.807) is 0 Å². The minimum atomic E-state index is 0.699. The van der Waals surface area contributed by atoms with Gasteiger partial charge in [0.1, 0.15) is 0 Å². The summed E-state index contributed by atoms with van der Waals surface area (Å²) in [6.07, 6.45) is 2.66. The number of hydrogen-bond donors (Lipinski definition) is 1. The number of anilines is 1. The van der Waals surface area contributed by atoms with Gasteiger partial charge in [0.15, 0.2) is 0 Å². The summed E-state index contributed by atoms with van der Waals surface area (Å²) in [5.74, 6) is 0. The largest absolute Gasteiger partial charge is 0.383 e. The van der Waals surface area contributed by atoms with E-state index in [1.807, 2.05) is 0 Å². The molecule has 0 amide bonds. The number of rotatable bonds is 7. The first-order valence-corrected chi connectivity index (χ1v) is 7.98. The van der Waals surface area contributed by atoms with Crippen molar-refractivity contribution in [1.29, 1.82) is 0 Å². The van der Waals surface area contributed by atoms with Gasteiger partial charge in [-0.05, 0) is 57.2 Å². The molecule has 0 bridgehead atoms. The fourth-order valence-electron chi connectivity index (χ4n) is 2.91. The summed E-state index contributed by atoms with van der Waals surface area (Å²) in [4.78, 5) is 4.90. The minimum Gasteiger partial charge on any atom is -0.383 e. The lowest BCUT2D eigenvalue weighted by Crippen LogP contribution is -2.31. The average molecular weight is 275 g/mol. The molecular weight excluding hydrogens is 246 g/mol. The number of likely N-dealkylation sites (tertiary alicyclic amines) is 1. The van der Waals surface area contributed by atoms with Crippen LogP contribution in [0.5, 0.6) is 0 Å². The maximum atomic E-state index is 3.57. The summed E-state index contributed by atoms with van der Waals surface area (Å²) in [5, 5.41) is 3.57. The van der Waals surface area contributed by atoms with Crippen LogP contribution in [0.3, 0.4) is 0 Å². The van der Waals surface area contributed by atoms with Crippen molar-refractivity contribution in [3.63, 3.8) is 0 Å². The monoisotopic (exact) mass is 275 g/mol. The first kappa shape index (κ1) is 15.3. The van der Waals surface area contributed by atoms with Crippen LogP contribution in [0.4, 0.5) is 5.69 Å². The molecule has 0 aliphatic carbocycles. The van der Waals surface area contributed by atoms with E-state index in [1.165, 1.54) is 30.6 Å². The van der Waals surface area contributed by atoms with Gasteiger partial charge in [0, 0.05) is 24.8 Å². The molecule has 0 spiro atoms. The van der Waals surface area contributed by atoms with E-state index in [9.17, 15) is 0 Å². The van der Waals surface area contributed by atoms with E-state index >= 15 is 0 Å². The van der Waals surface area contributed by atoms with Gasteiger partial charge in [-0.15, -0.1) is 0 Å². The Balaban J connectivity index is 1.82. The fourth-order valence-corrected chi connectivity index (χ4v) is 2.91. The van der Waals surface area contributed by atoms with Gasteiger partial charge in [-0.2, -0.15) is 0 Å². The van der Waals surface area contributed by atoms with Crippen LogP contribution in [-0.4, -0.2) is 49.1 Å². The highest BCUT2D eigenvalue weighted by Crippen LogP contribution is 2.16. The standard InChI is InChI=1S/C17H29N3/c1-4-20(5-2)14-15-8-10-16(11-9-15)18-13-17-7-6-12-19(17)3/h8-11,17-18H,4-7,12-14H2,1-3H3. The highest BCUT2D eigenvalue weighted by atomic mass is 15.2. The molecule has 0 aromatic heterocycles. The molecule has 1 aliphatic rings. The third kappa shape index (κ3) is 4.22. The van der Waals surface area contributed by atoms with E-state index in [0.29, 0.717) is 6.04 Å². The molecule has 0 radical (unpaired) electrons. The van der Waals surface area contributed by atoms with Gasteiger partial charge in [0.25, 0.3) is 0 Å². The number of nitrogens with zero attached hydrogens (tertiary/aromatic N) is 2. The van der Waals surface area contributed by atoms with Gasteiger partial charge in [0.05, 0.1) is 0 Å². The number of benzene rings is 1. The molecule has 1 fully saturated rings. The van der Waals surface area contributed by atoms with Crippen LogP contribution in [0, 0.1) is 0 Å². The van der Waals surface area contributed by atoms with Gasteiger partial charge >= 0.3 is 0 Å². The van der Waals surface area contributed by atoms with Crippen LogP contribution < -0.4 is 5.32 Å². The number of nitrogens with one attached hydrogen (secondary N) is 1. The Bertz CT molecular complexity index is 384. The van der Waals surface area contributed by atoms with Crippen LogP contribution in [-0.2, 0) is 6.54 Å². The van der Waals surface area contributed by atoms with Crippen molar-refractivity contribution < 1.29 is 0 Å². The van der Waals surface area contributed by atoms with Crippen molar-refractivity contribution >= 4 is 5.69 Å². The lowest BCUT2D eigenvalue weighted by molar-refractivity contribution is 0.296. The Labute approximate surface area is 124 Å². The first-order chi connectivity index (χ1) is 9.72. The van der Waals surface area contributed by atoms with Crippen molar-refractivity contribution in [3.05, 3.63) is 29.8 Å². The Kier molecular flexibility index (Phi) is 5.86. The fraction of sp³-hybridized carbons (Fsp3) is 0.647. The summed E-state index contributed by atoms with van der Waals surface area (Å²) < 4.78 is 0. The summed E-state index contributed by atoms with van der Waals surface area (Å²) in [5.41, 5.74) is 2.64. The molecule has 1 saturated heterocycles. The maximum absolute atomic E-state index is 3.57. The van der Waals surface area contributed by atoms with E-state index < -0.39 is 0 Å². The number of likely N-dealkylation sites (N-methyl/N-ethyl adjacent to an activating group) is 1. The Hall–Kier alpha value is -1.06. The van der Waals surface area contributed by atoms with Gasteiger partial charge in [-0.1, -0.05) is 26.0 Å². The molecule has 0 saturated carbocycles. The van der Waals surface area contributed by atoms with E-state index in [2.05, 4.69) is 60.3 Å². The third-order valence-corrected chi connectivity index (χ3v) is 4.47. The van der Waals surface area contributed by atoms with Crippen molar-refractivity contribution in [1.82, 2.24) is 9.80 Å². The van der Waals surface area contributed by atoms with E-state index in [0.717, 1.165) is 26.2 Å². The predicted molar refractivity (Wildman–Crippen MR) is 87.2 cm³/mol. The predicted octanol–water partition coefficient (Wildman–Crippen LogP) is 3.03. The van der Waals surface area contributed by atoms with Gasteiger partial charge in [0.2, 0.25) is 0 Å². The van der Waals surface area contributed by atoms with Crippen LogP contribution >= 0.6 is 0 Å². The lowest BCUT2D eigenvalue weighted by Gasteiger charge is -2.21. The van der Waals surface area contributed by atoms with E-state index in [4.69, 9.17) is 0 Å². The zero-order valence-electron chi connectivity index (χ0n) is 13.2. The molecule has 112 valence electrons. The number of hydrogen-bond acceptors (Lipinski definition) is 3. The SMILES string of the molecule is CCN(CC)Cc1ccc(NCC2CCCN2C)cc1. The second kappa shape index (κ2) is 7.65. The summed E-state index contributed by atoms with van der Waals surface area (Å²) in [6, 6.07) is 9.63. The third-order valence-electron chi connectivity index (χ3n) is 4.47. The molecule has 1 aliphatic heterocycles. The summed E-state index contributed by atoms with van der Waals surface area (Å²) in [7, 11) is 2.23. The second-order valence-electron chi connectivity index (χ2n) is 5.82. The Morgan fingerprint density at radius 1 is 1.20 bits per heavy atom. The van der Waals surface area contributed by atoms with Crippen molar-refractivity contribution in [2.45, 2.75) is 39.3 Å². The molecule has 1 aromatic carbocycles. The molecule has 1 heterocycles. The smallest absolute Gasteiger partial charge is 0.0340 e. The molecule has 1 atom stereocenters. The second-order valence-corrected chi connectivity index (χ2v) is 5.82. The molecule has 1 N–H and O–H groups in total. The minimum absolute atomic E-state index is 0.699. The zero-order chi connectivity index (χ0) is 14.4. The molecule has 20 heavy (non-hydrogen) atoms. The van der Waals surface area contributed by atoms with Gasteiger partial charge in [-0.25, -0.2) is 0 Å². The Morgan fingerprint density at radius 3 is 2.45 bits per heavy atom. The highest BCUT2D eigenvalue weighted by molar-refractivity contribution is 5.44. The zero-order valence-corrected chi connectivity index (χ0v) is 13.2. The van der Waals surface area contributed by atoms with Crippen LogP contribution in [0.25, 0.3) is 0 Å². The van der Waals surface area contributed by atoms with Gasteiger partial charge in [-0.3, -0.25) is 4.90 Å². The van der Waals surface area contributed by atoms with Crippen molar-refractivity contribution in [2.75, 3.05) is 38.5 Å². The van der Waals surface area contributed by atoms with Gasteiger partial charge < -0.3 is 10.2 Å². The average Bonchev–Trinajstić information content (AvgIpc) is 2.89. The van der Waals surface area contributed by atoms with Crippen molar-refractivity contribution in [3.8, 4) is 0 Å². The molecule has 3 nitrogen and oxygen atoms in total. The summed E-state index contributed by atoms with van der Waals surface area (Å²) >= 11 is 0. The lowest BCUT2D eigenvalue weighted by atomic mass is 10.1. The Morgan fingerprint density at radius 2 is 1.90 bits per heavy atom. The normalized spacial score (nSPS) is 19.7. The van der Waals surface area contributed by atoms with Crippen LogP contribution in [0.2, 0.25) is 0 Å². The van der Waals surface area contributed by atoms with E-state index in [-0.39, 0.29) is 0 Å². The maximum Gasteiger partial charge on any atom is 0.0340 e. The first-order valence-electron chi connectivity index (χ1n) is 7.98. The van der Waals surface area contributed by atoms with Crippen LogP contribution in [0.1, 0.15) is 32.3 Å². The molecule has 3 heteroatoms. The van der Waals surface area contributed by atoms with Crippen LogP contribution in [0.15, 0.2) is 24.3 Å². The quantitative estimate of drug-likeness (QED) is 0.825. The summed E-state index contributed by atoms with van der Waals surface area (Å²) in [6.45, 7) is 10.0.